The van der Waals surface area contributed by atoms with Gasteiger partial charge in [0.05, 0.1) is 0 Å². The molecule has 0 fully saturated rings. The fraction of sp³-hybridized carbons (Fsp3) is 0.368. The van der Waals surface area contributed by atoms with E-state index in [0.717, 1.165) is 6.42 Å². The molecule has 0 saturated carbocycles. The standard InChI is InChI=1S/C19H25Si2.2ClH.Zr/c1-20(2,3)16-9-7-14-11-15-8-10-17(21(4,5)6)13-19(15)18(14)12-16;;;/h7,9-10,12-13H,11H2,1-6H3;2*1H;/q;;;+2/p-2. The fourth-order valence-corrected chi connectivity index (χ4v) is 6.77. The van der Waals surface area contributed by atoms with Crippen molar-refractivity contribution in [1.82, 2.24) is 0 Å². The van der Waals surface area contributed by atoms with Gasteiger partial charge in [0.15, 0.2) is 0 Å². The second-order valence-electron chi connectivity index (χ2n) is 8.60. The molecule has 2 aromatic carbocycles. The molecule has 5 heteroatoms. The van der Waals surface area contributed by atoms with Crippen molar-refractivity contribution >= 4 is 29.8 Å². The third kappa shape index (κ3) is 4.18. The summed E-state index contributed by atoms with van der Waals surface area (Å²) in [6.45, 7) is 14.7. The molecule has 0 bridgehead atoms. The minimum atomic E-state index is -1.26. The SMILES string of the molecule is C[Si](C)(C)c1ccc2c(c1)-c1cc([Si](C)(C)C)c[c]([Zr+2])c1C2.[Cl-].[Cl-]. The maximum atomic E-state index is 2.52. The van der Waals surface area contributed by atoms with Crippen molar-refractivity contribution in [3.8, 4) is 11.1 Å². The van der Waals surface area contributed by atoms with E-state index >= 15 is 0 Å². The predicted octanol–water partition coefficient (Wildman–Crippen LogP) is -2.47. The Kier molecular flexibility index (Phi) is 7.02. The molecule has 127 valence electrons. The zero-order valence-electron chi connectivity index (χ0n) is 15.3. The first-order valence-corrected chi connectivity index (χ1v) is 16.3. The molecule has 0 nitrogen and oxygen atoms in total. The zero-order chi connectivity index (χ0) is 16.3. The summed E-state index contributed by atoms with van der Waals surface area (Å²) in [6.07, 6.45) is 1.14. The van der Waals surface area contributed by atoms with Gasteiger partial charge in [-0.05, 0) is 0 Å². The van der Waals surface area contributed by atoms with E-state index in [4.69, 9.17) is 0 Å². The van der Waals surface area contributed by atoms with Crippen LogP contribution < -0.4 is 38.5 Å². The quantitative estimate of drug-likeness (QED) is 0.364. The van der Waals surface area contributed by atoms with Crippen molar-refractivity contribution in [2.45, 2.75) is 45.7 Å². The van der Waals surface area contributed by atoms with Crippen molar-refractivity contribution in [3.63, 3.8) is 0 Å². The maximum Gasteiger partial charge on any atom is -1.00 e. The fourth-order valence-electron chi connectivity index (χ4n) is 3.17. The van der Waals surface area contributed by atoms with Crippen molar-refractivity contribution < 1.29 is 49.5 Å². The molecule has 2 aromatic rings. The molecular formula is C19H25Cl2Si2Zr. The summed E-state index contributed by atoms with van der Waals surface area (Å²) in [4.78, 5) is 0. The molecule has 3 rings (SSSR count). The van der Waals surface area contributed by atoms with E-state index in [2.05, 4.69) is 69.6 Å². The topological polar surface area (TPSA) is 0 Å². The summed E-state index contributed by atoms with van der Waals surface area (Å²) in [5.74, 6) is 0. The number of fused-ring (bicyclic) bond motifs is 3. The van der Waals surface area contributed by atoms with Crippen molar-refractivity contribution in [1.29, 1.82) is 0 Å². The largest absolute Gasteiger partial charge is 1.00 e. The minimum absolute atomic E-state index is 0. The van der Waals surface area contributed by atoms with Gasteiger partial charge in [0, 0.05) is 0 Å². The van der Waals surface area contributed by atoms with Crippen LogP contribution in [-0.2, 0) is 31.1 Å². The molecule has 0 aliphatic heterocycles. The summed E-state index contributed by atoms with van der Waals surface area (Å²) < 4.78 is 1.58. The van der Waals surface area contributed by atoms with Crippen LogP contribution in [0.1, 0.15) is 11.1 Å². The summed E-state index contributed by atoms with van der Waals surface area (Å²) in [5, 5.41) is 3.20. The van der Waals surface area contributed by atoms with E-state index in [1.165, 1.54) is 11.1 Å². The van der Waals surface area contributed by atoms with E-state index in [0.29, 0.717) is 0 Å². The molecule has 0 unspecified atom stereocenters. The smallest absolute Gasteiger partial charge is 1.00 e. The summed E-state index contributed by atoms with van der Waals surface area (Å²) in [6, 6.07) is 12.3. The zero-order valence-corrected chi connectivity index (χ0v) is 21.3. The number of halogens is 2. The van der Waals surface area contributed by atoms with Gasteiger partial charge in [0.25, 0.3) is 0 Å². The van der Waals surface area contributed by atoms with Crippen LogP contribution in [0.25, 0.3) is 11.1 Å². The van der Waals surface area contributed by atoms with E-state index in [1.54, 1.807) is 49.5 Å². The van der Waals surface area contributed by atoms with Gasteiger partial charge in [-0.1, -0.05) is 0 Å². The molecule has 0 heterocycles. The summed E-state index contributed by atoms with van der Waals surface area (Å²) in [7, 11) is -2.50. The Morgan fingerprint density at radius 1 is 0.750 bits per heavy atom. The first-order chi connectivity index (χ1) is 10.1. The van der Waals surface area contributed by atoms with Gasteiger partial charge < -0.3 is 24.8 Å². The average Bonchev–Trinajstić information content (AvgIpc) is 2.75. The first-order valence-electron chi connectivity index (χ1n) is 8.10. The van der Waals surface area contributed by atoms with Gasteiger partial charge in [0.1, 0.15) is 0 Å². The molecule has 1 aliphatic carbocycles. The van der Waals surface area contributed by atoms with Gasteiger partial charge in [-0.2, -0.15) is 0 Å². The Morgan fingerprint density at radius 2 is 1.29 bits per heavy atom. The van der Waals surface area contributed by atoms with Gasteiger partial charge in [-0.25, -0.2) is 0 Å². The van der Waals surface area contributed by atoms with E-state index < -0.39 is 16.1 Å². The van der Waals surface area contributed by atoms with Gasteiger partial charge in [-0.3, -0.25) is 0 Å². The molecule has 0 saturated heterocycles. The summed E-state index contributed by atoms with van der Waals surface area (Å²) >= 11 is 1.56. The van der Waals surface area contributed by atoms with Crippen LogP contribution in [0.15, 0.2) is 30.3 Å². The van der Waals surface area contributed by atoms with Gasteiger partial charge >= 0.3 is 153 Å². The van der Waals surface area contributed by atoms with Crippen LogP contribution in [-0.4, -0.2) is 16.1 Å². The molecule has 0 amide bonds. The molecule has 1 aliphatic rings. The normalized spacial score (nSPS) is 12.8. The third-order valence-electron chi connectivity index (χ3n) is 4.75. The van der Waals surface area contributed by atoms with Crippen molar-refractivity contribution in [3.05, 3.63) is 41.5 Å². The molecule has 0 N–H and O–H groups in total. The van der Waals surface area contributed by atoms with E-state index in [-0.39, 0.29) is 24.8 Å². The maximum absolute atomic E-state index is 2.52. The molecular weight excluding hydrogens is 447 g/mol. The second kappa shape index (κ2) is 7.52. The van der Waals surface area contributed by atoms with Gasteiger partial charge in [0.2, 0.25) is 0 Å². The minimum Gasteiger partial charge on any atom is -1.00 e. The Balaban J connectivity index is 0.00000144. The van der Waals surface area contributed by atoms with Gasteiger partial charge in [-0.15, -0.1) is 0 Å². The molecule has 0 spiro atoms. The van der Waals surface area contributed by atoms with E-state index in [9.17, 15) is 0 Å². The predicted molar refractivity (Wildman–Crippen MR) is 100 cm³/mol. The van der Waals surface area contributed by atoms with Crippen molar-refractivity contribution in [2.75, 3.05) is 0 Å². The van der Waals surface area contributed by atoms with Crippen LogP contribution in [0, 0.1) is 0 Å². The molecule has 24 heavy (non-hydrogen) atoms. The number of hydrogen-bond donors (Lipinski definition) is 0. The van der Waals surface area contributed by atoms with Crippen LogP contribution >= 0.6 is 0 Å². The molecule has 0 radical (unpaired) electrons. The van der Waals surface area contributed by atoms with E-state index in [1.807, 2.05) is 0 Å². The summed E-state index contributed by atoms with van der Waals surface area (Å²) in [5.41, 5.74) is 6.21. The van der Waals surface area contributed by atoms with Crippen LogP contribution in [0.4, 0.5) is 0 Å². The third-order valence-corrected chi connectivity index (χ3v) is 9.91. The second-order valence-corrected chi connectivity index (χ2v) is 20.1. The molecule has 0 atom stereocenters. The Morgan fingerprint density at radius 3 is 1.83 bits per heavy atom. The van der Waals surface area contributed by atoms with Crippen molar-refractivity contribution in [2.24, 2.45) is 0 Å². The number of hydrogen-bond acceptors (Lipinski definition) is 0. The van der Waals surface area contributed by atoms with Crippen LogP contribution in [0.2, 0.25) is 39.3 Å². The Hall–Kier alpha value is 0.337. The monoisotopic (exact) mass is 469 g/mol. The van der Waals surface area contributed by atoms with Crippen LogP contribution in [0.3, 0.4) is 0 Å². The number of rotatable bonds is 2. The average molecular weight is 472 g/mol. The Bertz CT molecular complexity index is 759. The van der Waals surface area contributed by atoms with Crippen LogP contribution in [0.5, 0.6) is 0 Å². The number of benzene rings is 2. The molecule has 0 aromatic heterocycles. The Labute approximate surface area is 176 Å². The first kappa shape index (κ1) is 22.4.